The van der Waals surface area contributed by atoms with E-state index in [1.165, 1.54) is 18.2 Å². The van der Waals surface area contributed by atoms with Crippen LogP contribution in [0.15, 0.2) is 18.2 Å². The summed E-state index contributed by atoms with van der Waals surface area (Å²) >= 11 is 5.71. The number of hydrogen-bond acceptors (Lipinski definition) is 6. The number of halogens is 1. The number of amides is 1. The third-order valence-corrected chi connectivity index (χ3v) is 2.51. The summed E-state index contributed by atoms with van der Waals surface area (Å²) in [5.74, 6) is -0.122. The van der Waals surface area contributed by atoms with Gasteiger partial charge < -0.3 is 5.32 Å². The normalized spacial score (nSPS) is 10.2. The van der Waals surface area contributed by atoms with E-state index in [0.717, 1.165) is 0 Å². The van der Waals surface area contributed by atoms with Crippen molar-refractivity contribution in [2.24, 2.45) is 0 Å². The van der Waals surface area contributed by atoms with Crippen molar-refractivity contribution in [3.8, 4) is 0 Å². The maximum atomic E-state index is 11.7. The van der Waals surface area contributed by atoms with Crippen molar-refractivity contribution in [3.05, 3.63) is 44.7 Å². The molecule has 0 saturated heterocycles. The van der Waals surface area contributed by atoms with E-state index in [9.17, 15) is 14.9 Å². The molecule has 1 aromatic carbocycles. The highest BCUT2D eigenvalue weighted by molar-refractivity contribution is 6.33. The first-order valence-electron chi connectivity index (χ1n) is 5.02. The van der Waals surface area contributed by atoms with Gasteiger partial charge in [0.15, 0.2) is 5.82 Å². The van der Waals surface area contributed by atoms with Gasteiger partial charge in [0.1, 0.15) is 5.02 Å². The van der Waals surface area contributed by atoms with E-state index in [0.29, 0.717) is 5.82 Å². The Bertz CT molecular complexity index is 614. The Hall–Kier alpha value is -2.55. The molecule has 1 heterocycles. The fourth-order valence-corrected chi connectivity index (χ4v) is 1.56. The standard InChI is InChI=1S/C9H7ClN6O3/c10-6-3-5(1-2-7(6)16(18)19)9(17)11-4-8-12-14-15-13-8/h1-3H,4H2,(H,11,17)(H,12,13,14,15). The number of carbonyl (C=O) groups excluding carboxylic acids is 1. The van der Waals surface area contributed by atoms with Gasteiger partial charge in [-0.1, -0.05) is 16.8 Å². The van der Waals surface area contributed by atoms with Crippen LogP contribution in [-0.4, -0.2) is 31.5 Å². The summed E-state index contributed by atoms with van der Waals surface area (Å²) in [6.45, 7) is 0.0872. The number of benzene rings is 1. The Morgan fingerprint density at radius 3 is 2.89 bits per heavy atom. The molecule has 0 fully saturated rings. The first-order valence-corrected chi connectivity index (χ1v) is 5.40. The smallest absolute Gasteiger partial charge is 0.287 e. The molecular weight excluding hydrogens is 276 g/mol. The number of rotatable bonds is 4. The zero-order valence-electron chi connectivity index (χ0n) is 9.33. The molecule has 19 heavy (non-hydrogen) atoms. The maximum absolute atomic E-state index is 11.7. The van der Waals surface area contributed by atoms with E-state index in [-0.39, 0.29) is 22.8 Å². The highest BCUT2D eigenvalue weighted by Gasteiger charge is 2.15. The Labute approximate surface area is 111 Å². The summed E-state index contributed by atoms with van der Waals surface area (Å²) in [5, 5.41) is 25.9. The minimum atomic E-state index is -0.622. The van der Waals surface area contributed by atoms with Crippen LogP contribution in [0.2, 0.25) is 5.02 Å². The molecule has 2 N–H and O–H groups in total. The molecule has 0 bridgehead atoms. The first-order chi connectivity index (χ1) is 9.08. The highest BCUT2D eigenvalue weighted by atomic mass is 35.5. The minimum Gasteiger partial charge on any atom is -0.345 e. The predicted molar refractivity (Wildman–Crippen MR) is 63.5 cm³/mol. The molecule has 2 aromatic rings. The lowest BCUT2D eigenvalue weighted by Crippen LogP contribution is -2.23. The van der Waals surface area contributed by atoms with Crippen LogP contribution < -0.4 is 5.32 Å². The number of hydrogen-bond donors (Lipinski definition) is 2. The molecule has 10 heteroatoms. The van der Waals surface area contributed by atoms with Crippen LogP contribution in [0.5, 0.6) is 0 Å². The van der Waals surface area contributed by atoms with E-state index in [2.05, 4.69) is 25.9 Å². The van der Waals surface area contributed by atoms with Gasteiger partial charge in [-0.3, -0.25) is 14.9 Å². The second-order valence-electron chi connectivity index (χ2n) is 3.43. The van der Waals surface area contributed by atoms with Crippen molar-refractivity contribution < 1.29 is 9.72 Å². The number of carbonyl (C=O) groups is 1. The van der Waals surface area contributed by atoms with Crippen molar-refractivity contribution in [2.75, 3.05) is 0 Å². The first kappa shape index (κ1) is 12.9. The molecule has 1 amide bonds. The zero-order valence-corrected chi connectivity index (χ0v) is 10.1. The topological polar surface area (TPSA) is 127 Å². The van der Waals surface area contributed by atoms with Crippen molar-refractivity contribution in [3.63, 3.8) is 0 Å². The Balaban J connectivity index is 2.07. The Morgan fingerprint density at radius 1 is 1.53 bits per heavy atom. The van der Waals surface area contributed by atoms with Gasteiger partial charge in [-0.25, -0.2) is 0 Å². The number of H-pyrrole nitrogens is 1. The van der Waals surface area contributed by atoms with E-state index >= 15 is 0 Å². The average molecular weight is 283 g/mol. The van der Waals surface area contributed by atoms with E-state index in [1.807, 2.05) is 0 Å². The third kappa shape index (κ3) is 3.01. The predicted octanol–water partition coefficient (Wildman–Crippen LogP) is 0.691. The van der Waals surface area contributed by atoms with Crippen LogP contribution in [0.3, 0.4) is 0 Å². The number of nitrogens with one attached hydrogen (secondary N) is 2. The van der Waals surface area contributed by atoms with Gasteiger partial charge in [-0.2, -0.15) is 5.21 Å². The van der Waals surface area contributed by atoms with Crippen molar-refractivity contribution >= 4 is 23.2 Å². The van der Waals surface area contributed by atoms with Gasteiger partial charge in [-0.15, -0.1) is 10.2 Å². The molecule has 0 radical (unpaired) electrons. The van der Waals surface area contributed by atoms with Crippen molar-refractivity contribution in [1.29, 1.82) is 0 Å². The summed E-state index contributed by atoms with van der Waals surface area (Å²) in [5.41, 5.74) is -0.0459. The van der Waals surface area contributed by atoms with Crippen LogP contribution in [0.1, 0.15) is 16.2 Å². The Morgan fingerprint density at radius 2 is 2.32 bits per heavy atom. The lowest BCUT2D eigenvalue weighted by atomic mass is 10.2. The number of nitro benzene ring substituents is 1. The van der Waals surface area contributed by atoms with Gasteiger partial charge in [-0.05, 0) is 12.1 Å². The number of tetrazole rings is 1. The van der Waals surface area contributed by atoms with Crippen LogP contribution in [0, 0.1) is 10.1 Å². The van der Waals surface area contributed by atoms with Crippen LogP contribution >= 0.6 is 11.6 Å². The number of nitro groups is 1. The van der Waals surface area contributed by atoms with Crippen LogP contribution in [0.4, 0.5) is 5.69 Å². The number of aromatic amines is 1. The molecule has 9 nitrogen and oxygen atoms in total. The molecule has 98 valence electrons. The number of nitrogens with zero attached hydrogens (tertiary/aromatic N) is 4. The van der Waals surface area contributed by atoms with Crippen LogP contribution in [0.25, 0.3) is 0 Å². The number of aromatic nitrogens is 4. The Kier molecular flexibility index (Phi) is 3.66. The summed E-state index contributed by atoms with van der Waals surface area (Å²) in [6.07, 6.45) is 0. The second-order valence-corrected chi connectivity index (χ2v) is 3.84. The van der Waals surface area contributed by atoms with Gasteiger partial charge in [0.2, 0.25) is 0 Å². The minimum absolute atomic E-state index is 0.0872. The molecule has 0 aliphatic rings. The van der Waals surface area contributed by atoms with E-state index in [1.54, 1.807) is 0 Å². The summed E-state index contributed by atoms with van der Waals surface area (Å²) in [6, 6.07) is 3.71. The fraction of sp³-hybridized carbons (Fsp3) is 0.111. The molecule has 0 saturated carbocycles. The van der Waals surface area contributed by atoms with E-state index < -0.39 is 10.8 Å². The van der Waals surface area contributed by atoms with Gasteiger partial charge in [0.05, 0.1) is 11.5 Å². The highest BCUT2D eigenvalue weighted by Crippen LogP contribution is 2.24. The lowest BCUT2D eigenvalue weighted by Gasteiger charge is -2.03. The molecular formula is C9H7ClN6O3. The molecule has 2 rings (SSSR count). The largest absolute Gasteiger partial charge is 0.345 e. The molecule has 0 aliphatic heterocycles. The van der Waals surface area contributed by atoms with Crippen molar-refractivity contribution in [2.45, 2.75) is 6.54 Å². The summed E-state index contributed by atoms with van der Waals surface area (Å²) in [7, 11) is 0. The lowest BCUT2D eigenvalue weighted by molar-refractivity contribution is -0.384. The van der Waals surface area contributed by atoms with Gasteiger partial charge in [0.25, 0.3) is 11.6 Å². The third-order valence-electron chi connectivity index (χ3n) is 2.20. The monoisotopic (exact) mass is 282 g/mol. The molecule has 0 aliphatic carbocycles. The van der Waals surface area contributed by atoms with Crippen molar-refractivity contribution in [1.82, 2.24) is 25.9 Å². The van der Waals surface area contributed by atoms with Gasteiger partial charge in [0, 0.05) is 11.6 Å². The molecule has 0 atom stereocenters. The molecule has 1 aromatic heterocycles. The molecule has 0 unspecified atom stereocenters. The van der Waals surface area contributed by atoms with E-state index in [4.69, 9.17) is 11.6 Å². The maximum Gasteiger partial charge on any atom is 0.287 e. The molecule has 0 spiro atoms. The second kappa shape index (κ2) is 5.40. The van der Waals surface area contributed by atoms with Gasteiger partial charge >= 0.3 is 0 Å². The fourth-order valence-electron chi connectivity index (χ4n) is 1.31. The summed E-state index contributed by atoms with van der Waals surface area (Å²) < 4.78 is 0. The van der Waals surface area contributed by atoms with Crippen LogP contribution in [-0.2, 0) is 6.54 Å². The zero-order chi connectivity index (χ0) is 13.8. The quantitative estimate of drug-likeness (QED) is 0.627. The SMILES string of the molecule is O=C(NCc1nn[nH]n1)c1ccc([N+](=O)[O-])c(Cl)c1. The summed E-state index contributed by atoms with van der Waals surface area (Å²) in [4.78, 5) is 21.7. The average Bonchev–Trinajstić information content (AvgIpc) is 2.88.